The first-order chi connectivity index (χ1) is 16.4. The lowest BCUT2D eigenvalue weighted by Gasteiger charge is -2.32. The Balaban J connectivity index is 1.56. The Labute approximate surface area is 197 Å². The zero-order chi connectivity index (χ0) is 23.9. The van der Waals surface area contributed by atoms with Crippen LogP contribution < -0.4 is 14.5 Å². The van der Waals surface area contributed by atoms with Gasteiger partial charge in [0, 0.05) is 12.2 Å². The Morgan fingerprint density at radius 1 is 0.912 bits per heavy atom. The number of aryl methyl sites for hydroxylation is 1. The molecule has 5 rings (SSSR count). The second-order valence-corrected chi connectivity index (χ2v) is 9.96. The van der Waals surface area contributed by atoms with Gasteiger partial charge in [0.2, 0.25) is 0 Å². The van der Waals surface area contributed by atoms with Gasteiger partial charge in [0.05, 0.1) is 40.0 Å². The molecule has 9 heteroatoms. The van der Waals surface area contributed by atoms with Crippen LogP contribution in [0.5, 0.6) is 0 Å². The Bertz CT molecular complexity index is 1520. The molecular formula is C25H19N5O3S. The van der Waals surface area contributed by atoms with Crippen molar-refractivity contribution in [3.63, 3.8) is 0 Å². The first kappa shape index (κ1) is 21.5. The van der Waals surface area contributed by atoms with E-state index in [0.717, 1.165) is 17.5 Å². The van der Waals surface area contributed by atoms with E-state index in [-0.39, 0.29) is 22.7 Å². The van der Waals surface area contributed by atoms with Crippen molar-refractivity contribution < 1.29 is 13.2 Å². The third-order valence-corrected chi connectivity index (χ3v) is 7.90. The van der Waals surface area contributed by atoms with E-state index in [1.54, 1.807) is 24.3 Å². The van der Waals surface area contributed by atoms with Gasteiger partial charge in [0.15, 0.2) is 0 Å². The zero-order valence-corrected chi connectivity index (χ0v) is 18.8. The molecule has 0 atom stereocenters. The van der Waals surface area contributed by atoms with Gasteiger partial charge in [-0.05, 0) is 60.4 Å². The number of para-hydroxylation sites is 1. The van der Waals surface area contributed by atoms with Crippen LogP contribution in [0, 0.1) is 22.7 Å². The van der Waals surface area contributed by atoms with E-state index in [1.165, 1.54) is 27.4 Å². The maximum absolute atomic E-state index is 13.6. The highest BCUT2D eigenvalue weighted by molar-refractivity contribution is 7.92. The number of nitriles is 2. The van der Waals surface area contributed by atoms with Crippen molar-refractivity contribution in [2.75, 3.05) is 21.1 Å². The molecule has 34 heavy (non-hydrogen) atoms. The summed E-state index contributed by atoms with van der Waals surface area (Å²) in [6, 6.07) is 20.2. The van der Waals surface area contributed by atoms with Crippen molar-refractivity contribution in [2.24, 2.45) is 0 Å². The third-order valence-electron chi connectivity index (χ3n) is 6.09. The highest BCUT2D eigenvalue weighted by Crippen LogP contribution is 2.35. The van der Waals surface area contributed by atoms with E-state index in [1.807, 2.05) is 24.3 Å². The van der Waals surface area contributed by atoms with Gasteiger partial charge < -0.3 is 5.32 Å². The second kappa shape index (κ2) is 8.22. The number of benzene rings is 3. The lowest BCUT2D eigenvalue weighted by atomic mass is 10.0. The standard InChI is InChI=1S/C25H19N5O3S/c26-14-17-7-8-20-16-29(25(31)28-22(20)12-17)24-13-21(10-9-19(24)15-27)34(32,33)30-11-3-5-18-4-1-2-6-23(18)30/h1-2,4,6-10,12-13H,3,5,11,16H2,(H,28,31). The molecule has 168 valence electrons. The number of rotatable bonds is 3. The van der Waals surface area contributed by atoms with Gasteiger partial charge in [-0.15, -0.1) is 0 Å². The van der Waals surface area contributed by atoms with Gasteiger partial charge in [-0.1, -0.05) is 24.3 Å². The highest BCUT2D eigenvalue weighted by atomic mass is 32.2. The summed E-state index contributed by atoms with van der Waals surface area (Å²) in [5.41, 5.74) is 3.70. The van der Waals surface area contributed by atoms with E-state index in [2.05, 4.69) is 11.4 Å². The minimum Gasteiger partial charge on any atom is -0.307 e. The van der Waals surface area contributed by atoms with Crippen LogP contribution in [0.1, 0.15) is 28.7 Å². The number of nitrogens with one attached hydrogen (secondary N) is 1. The molecule has 0 aliphatic carbocycles. The molecule has 0 fully saturated rings. The van der Waals surface area contributed by atoms with Crippen molar-refractivity contribution in [1.82, 2.24) is 0 Å². The van der Waals surface area contributed by atoms with Crippen LogP contribution in [0.4, 0.5) is 21.9 Å². The number of hydrogen-bond donors (Lipinski definition) is 1. The zero-order valence-electron chi connectivity index (χ0n) is 18.0. The minimum atomic E-state index is -3.92. The minimum absolute atomic E-state index is 0.0108. The van der Waals surface area contributed by atoms with E-state index in [9.17, 15) is 18.5 Å². The number of fused-ring (bicyclic) bond motifs is 2. The predicted molar refractivity (Wildman–Crippen MR) is 127 cm³/mol. The van der Waals surface area contributed by atoms with Crippen molar-refractivity contribution in [1.29, 1.82) is 10.5 Å². The molecule has 0 radical (unpaired) electrons. The van der Waals surface area contributed by atoms with E-state index in [4.69, 9.17) is 5.26 Å². The number of nitrogens with zero attached hydrogens (tertiary/aromatic N) is 4. The van der Waals surface area contributed by atoms with Crippen LogP contribution in [-0.4, -0.2) is 21.0 Å². The summed E-state index contributed by atoms with van der Waals surface area (Å²) in [4.78, 5) is 14.3. The van der Waals surface area contributed by atoms with Crippen LogP contribution in [0.2, 0.25) is 0 Å². The Hall–Kier alpha value is -4.34. The Morgan fingerprint density at radius 3 is 2.53 bits per heavy atom. The summed E-state index contributed by atoms with van der Waals surface area (Å²) in [5.74, 6) is 0. The molecule has 0 spiro atoms. The van der Waals surface area contributed by atoms with Crippen molar-refractivity contribution in [3.8, 4) is 12.1 Å². The van der Waals surface area contributed by atoms with Crippen LogP contribution in [0.15, 0.2) is 65.6 Å². The summed E-state index contributed by atoms with van der Waals surface area (Å²) >= 11 is 0. The maximum atomic E-state index is 13.6. The number of carbonyl (C=O) groups is 1. The summed E-state index contributed by atoms with van der Waals surface area (Å²) in [5, 5.41) is 21.5. The van der Waals surface area contributed by atoms with E-state index < -0.39 is 16.1 Å². The van der Waals surface area contributed by atoms with E-state index >= 15 is 0 Å². The molecule has 2 aliphatic rings. The molecule has 0 aromatic heterocycles. The lowest BCUT2D eigenvalue weighted by molar-refractivity contribution is 0.256. The number of amides is 2. The fourth-order valence-electron chi connectivity index (χ4n) is 4.39. The molecular weight excluding hydrogens is 450 g/mol. The summed E-state index contributed by atoms with van der Waals surface area (Å²) < 4.78 is 28.7. The summed E-state index contributed by atoms with van der Waals surface area (Å²) in [6.45, 7) is 0.491. The lowest BCUT2D eigenvalue weighted by Crippen LogP contribution is -2.39. The SMILES string of the molecule is N#Cc1ccc2c(c1)NC(=O)N(c1cc(S(=O)(=O)N3CCCc4ccccc43)ccc1C#N)C2. The smallest absolute Gasteiger partial charge is 0.307 e. The van der Waals surface area contributed by atoms with Gasteiger partial charge in [-0.25, -0.2) is 13.2 Å². The average Bonchev–Trinajstić information content (AvgIpc) is 2.87. The number of anilines is 3. The van der Waals surface area contributed by atoms with Crippen molar-refractivity contribution in [2.45, 2.75) is 24.3 Å². The van der Waals surface area contributed by atoms with Crippen LogP contribution in [-0.2, 0) is 23.0 Å². The number of urea groups is 1. The van der Waals surface area contributed by atoms with Crippen molar-refractivity contribution in [3.05, 3.63) is 82.9 Å². The number of carbonyl (C=O) groups excluding carboxylic acids is 1. The molecule has 3 aromatic rings. The molecule has 0 saturated heterocycles. The summed E-state index contributed by atoms with van der Waals surface area (Å²) in [7, 11) is -3.92. The monoisotopic (exact) mass is 469 g/mol. The predicted octanol–water partition coefficient (Wildman–Crippen LogP) is 4.12. The normalized spacial score (nSPS) is 14.9. The fourth-order valence-corrected chi connectivity index (χ4v) is 5.95. The quantitative estimate of drug-likeness (QED) is 0.619. The van der Waals surface area contributed by atoms with Gasteiger partial charge in [-0.2, -0.15) is 10.5 Å². The van der Waals surface area contributed by atoms with Crippen LogP contribution in [0.25, 0.3) is 0 Å². The average molecular weight is 470 g/mol. The van der Waals surface area contributed by atoms with Gasteiger partial charge >= 0.3 is 6.03 Å². The Morgan fingerprint density at radius 2 is 1.74 bits per heavy atom. The molecule has 8 nitrogen and oxygen atoms in total. The largest absolute Gasteiger partial charge is 0.326 e. The maximum Gasteiger partial charge on any atom is 0.326 e. The third kappa shape index (κ3) is 3.53. The molecule has 3 aromatic carbocycles. The van der Waals surface area contributed by atoms with Crippen LogP contribution >= 0.6 is 0 Å². The summed E-state index contributed by atoms with van der Waals surface area (Å²) in [6.07, 6.45) is 1.51. The second-order valence-electron chi connectivity index (χ2n) is 8.10. The molecule has 0 unspecified atom stereocenters. The molecule has 1 N–H and O–H groups in total. The van der Waals surface area contributed by atoms with E-state index in [0.29, 0.717) is 29.9 Å². The van der Waals surface area contributed by atoms with Gasteiger partial charge in [-0.3, -0.25) is 9.21 Å². The van der Waals surface area contributed by atoms with Gasteiger partial charge in [0.1, 0.15) is 6.07 Å². The number of sulfonamides is 1. The Kier molecular flexibility index (Phi) is 5.20. The molecule has 2 aliphatic heterocycles. The molecule has 0 bridgehead atoms. The van der Waals surface area contributed by atoms with Crippen molar-refractivity contribution >= 4 is 33.1 Å². The molecule has 2 amide bonds. The first-order valence-corrected chi connectivity index (χ1v) is 12.1. The first-order valence-electron chi connectivity index (χ1n) is 10.7. The topological polar surface area (TPSA) is 117 Å². The van der Waals surface area contributed by atoms with Crippen LogP contribution in [0.3, 0.4) is 0 Å². The highest BCUT2D eigenvalue weighted by Gasteiger charge is 2.32. The molecule has 2 heterocycles. The number of hydrogen-bond acceptors (Lipinski definition) is 5. The molecule has 0 saturated carbocycles. The fraction of sp³-hybridized carbons (Fsp3) is 0.160. The van der Waals surface area contributed by atoms with Gasteiger partial charge in [0.25, 0.3) is 10.0 Å².